The Bertz CT molecular complexity index is 828. The second-order valence-corrected chi connectivity index (χ2v) is 5.68. The standard InChI is InChI=1S/C18H18N4O2/c1-11-12(2)19-16(10-14(11)13-6-4-3-5-7-13)20-18(24)15-8-9-17(23)22-21-15/h3-7,10H,8-9H2,1-2H3,(H,22,23)(H,19,20,24). The number of carbonyl (C=O) groups excluding carboxylic acids is 2. The van der Waals surface area contributed by atoms with Crippen LogP contribution in [-0.4, -0.2) is 22.5 Å². The third-order valence-corrected chi connectivity index (χ3v) is 4.01. The number of aromatic nitrogens is 1. The molecule has 0 spiro atoms. The van der Waals surface area contributed by atoms with Crippen LogP contribution < -0.4 is 10.7 Å². The van der Waals surface area contributed by atoms with Crippen LogP contribution in [0.5, 0.6) is 0 Å². The lowest BCUT2D eigenvalue weighted by Crippen LogP contribution is -2.33. The molecule has 1 aliphatic rings. The fourth-order valence-corrected chi connectivity index (χ4v) is 2.54. The summed E-state index contributed by atoms with van der Waals surface area (Å²) in [6, 6.07) is 11.8. The van der Waals surface area contributed by atoms with Crippen LogP contribution in [0, 0.1) is 13.8 Å². The predicted octanol–water partition coefficient (Wildman–Crippen LogP) is 2.57. The highest BCUT2D eigenvalue weighted by molar-refractivity contribution is 6.43. The summed E-state index contributed by atoms with van der Waals surface area (Å²) >= 11 is 0. The Morgan fingerprint density at radius 3 is 2.58 bits per heavy atom. The molecule has 0 fully saturated rings. The number of nitrogens with zero attached hydrogens (tertiary/aromatic N) is 2. The Labute approximate surface area is 140 Å². The molecule has 2 heterocycles. The molecule has 24 heavy (non-hydrogen) atoms. The average molecular weight is 322 g/mol. The van der Waals surface area contributed by atoms with E-state index in [-0.39, 0.29) is 18.2 Å². The maximum Gasteiger partial charge on any atom is 0.273 e. The van der Waals surface area contributed by atoms with E-state index in [1.54, 1.807) is 0 Å². The smallest absolute Gasteiger partial charge is 0.273 e. The average Bonchev–Trinajstić information content (AvgIpc) is 2.59. The minimum absolute atomic E-state index is 0.179. The van der Waals surface area contributed by atoms with Gasteiger partial charge < -0.3 is 5.32 Å². The molecular formula is C18H18N4O2. The second-order valence-electron chi connectivity index (χ2n) is 5.68. The molecule has 1 aliphatic heterocycles. The summed E-state index contributed by atoms with van der Waals surface area (Å²) < 4.78 is 0. The minimum atomic E-state index is -0.343. The van der Waals surface area contributed by atoms with E-state index in [4.69, 9.17) is 0 Å². The number of hydrazone groups is 1. The molecule has 0 saturated carbocycles. The molecule has 0 atom stereocenters. The largest absolute Gasteiger partial charge is 0.305 e. The molecule has 122 valence electrons. The number of nitrogens with one attached hydrogen (secondary N) is 2. The van der Waals surface area contributed by atoms with E-state index in [1.807, 2.05) is 50.2 Å². The zero-order valence-electron chi connectivity index (χ0n) is 13.6. The van der Waals surface area contributed by atoms with Gasteiger partial charge in [0.1, 0.15) is 11.5 Å². The van der Waals surface area contributed by atoms with Gasteiger partial charge in [0.2, 0.25) is 5.91 Å². The third kappa shape index (κ3) is 3.32. The Morgan fingerprint density at radius 1 is 1.17 bits per heavy atom. The summed E-state index contributed by atoms with van der Waals surface area (Å²) in [7, 11) is 0. The van der Waals surface area contributed by atoms with Crippen LogP contribution in [0.25, 0.3) is 11.1 Å². The predicted molar refractivity (Wildman–Crippen MR) is 92.6 cm³/mol. The number of aryl methyl sites for hydroxylation is 1. The monoisotopic (exact) mass is 322 g/mol. The van der Waals surface area contributed by atoms with Crippen molar-refractivity contribution in [3.63, 3.8) is 0 Å². The number of anilines is 1. The molecule has 0 unspecified atom stereocenters. The van der Waals surface area contributed by atoms with Crippen molar-refractivity contribution >= 4 is 23.3 Å². The van der Waals surface area contributed by atoms with Crippen LogP contribution in [0.4, 0.5) is 5.82 Å². The Balaban J connectivity index is 1.88. The van der Waals surface area contributed by atoms with Crippen molar-refractivity contribution in [3.05, 3.63) is 47.7 Å². The normalized spacial score (nSPS) is 13.9. The summed E-state index contributed by atoms with van der Waals surface area (Å²) in [5.41, 5.74) is 6.64. The van der Waals surface area contributed by atoms with Gasteiger partial charge in [-0.25, -0.2) is 10.4 Å². The van der Waals surface area contributed by atoms with Crippen molar-refractivity contribution in [2.45, 2.75) is 26.7 Å². The molecule has 3 rings (SSSR count). The highest BCUT2D eigenvalue weighted by Gasteiger charge is 2.19. The quantitative estimate of drug-likeness (QED) is 0.911. The summed E-state index contributed by atoms with van der Waals surface area (Å²) in [5.74, 6) is -0.0477. The third-order valence-electron chi connectivity index (χ3n) is 4.01. The first kappa shape index (κ1) is 15.9. The van der Waals surface area contributed by atoms with Crippen LogP contribution in [0.15, 0.2) is 41.5 Å². The van der Waals surface area contributed by atoms with E-state index in [0.29, 0.717) is 18.0 Å². The fraction of sp³-hybridized carbons (Fsp3) is 0.222. The zero-order chi connectivity index (χ0) is 17.1. The SMILES string of the molecule is Cc1nc(NC(=O)C2=NNC(=O)CC2)cc(-c2ccccc2)c1C. The first-order chi connectivity index (χ1) is 11.5. The minimum Gasteiger partial charge on any atom is -0.305 e. The van der Waals surface area contributed by atoms with E-state index in [0.717, 1.165) is 22.4 Å². The van der Waals surface area contributed by atoms with Crippen molar-refractivity contribution < 1.29 is 9.59 Å². The van der Waals surface area contributed by atoms with Gasteiger partial charge in [0, 0.05) is 18.5 Å². The van der Waals surface area contributed by atoms with Gasteiger partial charge in [0.05, 0.1) is 0 Å². The number of pyridine rings is 1. The summed E-state index contributed by atoms with van der Waals surface area (Å²) in [6.07, 6.45) is 0.593. The topological polar surface area (TPSA) is 83.4 Å². The number of hydrogen-bond acceptors (Lipinski definition) is 4. The summed E-state index contributed by atoms with van der Waals surface area (Å²) in [5, 5.41) is 6.58. The van der Waals surface area contributed by atoms with Gasteiger partial charge in [-0.05, 0) is 36.6 Å². The van der Waals surface area contributed by atoms with Crippen LogP contribution in [0.2, 0.25) is 0 Å². The highest BCUT2D eigenvalue weighted by atomic mass is 16.2. The van der Waals surface area contributed by atoms with E-state index >= 15 is 0 Å². The molecule has 0 bridgehead atoms. The lowest BCUT2D eigenvalue weighted by atomic mass is 10.00. The van der Waals surface area contributed by atoms with Crippen molar-refractivity contribution in [2.24, 2.45) is 5.10 Å². The first-order valence-corrected chi connectivity index (χ1v) is 7.75. The fourth-order valence-electron chi connectivity index (χ4n) is 2.54. The first-order valence-electron chi connectivity index (χ1n) is 7.75. The van der Waals surface area contributed by atoms with Crippen LogP contribution in [0.3, 0.4) is 0 Å². The summed E-state index contributed by atoms with van der Waals surface area (Å²) in [6.45, 7) is 3.92. The van der Waals surface area contributed by atoms with Crippen molar-refractivity contribution in [1.29, 1.82) is 0 Å². The van der Waals surface area contributed by atoms with E-state index in [9.17, 15) is 9.59 Å². The number of hydrogen-bond donors (Lipinski definition) is 2. The molecule has 0 radical (unpaired) electrons. The lowest BCUT2D eigenvalue weighted by molar-refractivity contribution is -0.121. The summed E-state index contributed by atoms with van der Waals surface area (Å²) in [4.78, 5) is 27.8. The van der Waals surface area contributed by atoms with E-state index in [1.165, 1.54) is 0 Å². The van der Waals surface area contributed by atoms with Gasteiger partial charge in [-0.3, -0.25) is 9.59 Å². The number of rotatable bonds is 3. The van der Waals surface area contributed by atoms with Crippen LogP contribution in [-0.2, 0) is 9.59 Å². The molecule has 1 aromatic heterocycles. The lowest BCUT2D eigenvalue weighted by Gasteiger charge is -2.14. The molecule has 6 heteroatoms. The Kier molecular flexibility index (Phi) is 4.37. The molecule has 2 amide bonds. The van der Waals surface area contributed by atoms with Gasteiger partial charge in [-0.1, -0.05) is 30.3 Å². The van der Waals surface area contributed by atoms with E-state index in [2.05, 4.69) is 20.8 Å². The van der Waals surface area contributed by atoms with Crippen molar-refractivity contribution in [3.8, 4) is 11.1 Å². The highest BCUT2D eigenvalue weighted by Crippen LogP contribution is 2.27. The second kappa shape index (κ2) is 6.62. The number of carbonyl (C=O) groups is 2. The number of benzene rings is 1. The molecule has 1 aromatic carbocycles. The van der Waals surface area contributed by atoms with Gasteiger partial charge in [0.25, 0.3) is 5.91 Å². The maximum atomic E-state index is 12.3. The Hall–Kier alpha value is -3.02. The van der Waals surface area contributed by atoms with Crippen molar-refractivity contribution in [1.82, 2.24) is 10.4 Å². The molecular weight excluding hydrogens is 304 g/mol. The van der Waals surface area contributed by atoms with Gasteiger partial charge in [-0.2, -0.15) is 5.10 Å². The van der Waals surface area contributed by atoms with E-state index < -0.39 is 0 Å². The van der Waals surface area contributed by atoms with Crippen LogP contribution in [0.1, 0.15) is 24.1 Å². The molecule has 2 aromatic rings. The van der Waals surface area contributed by atoms with Crippen LogP contribution >= 0.6 is 0 Å². The molecule has 0 aliphatic carbocycles. The maximum absolute atomic E-state index is 12.3. The molecule has 6 nitrogen and oxygen atoms in total. The van der Waals surface area contributed by atoms with Crippen molar-refractivity contribution in [2.75, 3.05) is 5.32 Å². The molecule has 0 saturated heterocycles. The van der Waals surface area contributed by atoms with Gasteiger partial charge in [0.15, 0.2) is 0 Å². The zero-order valence-corrected chi connectivity index (χ0v) is 13.6. The van der Waals surface area contributed by atoms with Gasteiger partial charge in [-0.15, -0.1) is 0 Å². The number of amides is 2. The molecule has 2 N–H and O–H groups in total. The van der Waals surface area contributed by atoms with Gasteiger partial charge >= 0.3 is 0 Å². The Morgan fingerprint density at radius 2 is 1.92 bits per heavy atom.